The van der Waals surface area contributed by atoms with Crippen LogP contribution in [0.25, 0.3) is 10.9 Å². The summed E-state index contributed by atoms with van der Waals surface area (Å²) in [5, 5.41) is 15.7. The second-order valence-corrected chi connectivity index (χ2v) is 5.89. The summed E-state index contributed by atoms with van der Waals surface area (Å²) in [7, 11) is 1.91. The van der Waals surface area contributed by atoms with Crippen molar-refractivity contribution in [2.24, 2.45) is 7.05 Å². The fraction of sp³-hybridized carbons (Fsp3) is 0.250. The van der Waals surface area contributed by atoms with E-state index in [0.29, 0.717) is 6.42 Å². The number of halogens is 1. The van der Waals surface area contributed by atoms with Crippen LogP contribution in [0, 0.1) is 0 Å². The summed E-state index contributed by atoms with van der Waals surface area (Å²) in [4.78, 5) is 4.42. The summed E-state index contributed by atoms with van der Waals surface area (Å²) in [6, 6.07) is 9.78. The van der Waals surface area contributed by atoms with Crippen molar-refractivity contribution in [1.82, 2.24) is 14.8 Å². The van der Waals surface area contributed by atoms with Gasteiger partial charge >= 0.3 is 0 Å². The van der Waals surface area contributed by atoms with Gasteiger partial charge < -0.3 is 5.11 Å². The first-order chi connectivity index (χ1) is 10.2. The third kappa shape index (κ3) is 2.84. The molecule has 1 aromatic carbocycles. The van der Waals surface area contributed by atoms with Gasteiger partial charge in [0.2, 0.25) is 0 Å². The minimum absolute atomic E-state index is 0.537. The number of aliphatic hydroxyl groups excluding tert-OH is 1. The van der Waals surface area contributed by atoms with Gasteiger partial charge in [-0.2, -0.15) is 5.10 Å². The van der Waals surface area contributed by atoms with Crippen LogP contribution in [0.15, 0.2) is 47.2 Å². The Morgan fingerprint density at radius 2 is 2.10 bits per heavy atom. The molecule has 0 radical (unpaired) electrons. The van der Waals surface area contributed by atoms with Crippen LogP contribution >= 0.6 is 15.9 Å². The topological polar surface area (TPSA) is 50.9 Å². The van der Waals surface area contributed by atoms with E-state index >= 15 is 0 Å². The Bertz CT molecular complexity index is 769. The minimum Gasteiger partial charge on any atom is -0.388 e. The summed E-state index contributed by atoms with van der Waals surface area (Å²) in [6.07, 6.45) is 4.42. The predicted molar refractivity (Wildman–Crippen MR) is 85.9 cm³/mol. The van der Waals surface area contributed by atoms with Gasteiger partial charge in [-0.05, 0) is 31.0 Å². The summed E-state index contributed by atoms with van der Waals surface area (Å²) in [5.74, 6) is 0. The highest BCUT2D eigenvalue weighted by atomic mass is 79.9. The molecule has 0 saturated heterocycles. The summed E-state index contributed by atoms with van der Waals surface area (Å²) >= 11 is 3.53. The van der Waals surface area contributed by atoms with E-state index in [2.05, 4.69) is 26.0 Å². The number of aryl methyl sites for hydroxylation is 2. The molecule has 2 aromatic heterocycles. The average molecular weight is 346 g/mol. The number of hydrogen-bond acceptors (Lipinski definition) is 3. The SMILES string of the molecule is Cn1nccc1CCC(O)c1ccc(Br)c2cccnc12. The predicted octanol–water partition coefficient (Wildman–Crippen LogP) is 3.40. The molecule has 0 saturated carbocycles. The van der Waals surface area contributed by atoms with Crippen molar-refractivity contribution in [2.45, 2.75) is 18.9 Å². The Balaban J connectivity index is 1.86. The molecule has 3 rings (SSSR count). The molecule has 2 heterocycles. The van der Waals surface area contributed by atoms with Gasteiger partial charge in [-0.1, -0.05) is 28.1 Å². The quantitative estimate of drug-likeness (QED) is 0.788. The van der Waals surface area contributed by atoms with Crippen LogP contribution in [-0.2, 0) is 13.5 Å². The minimum atomic E-state index is -0.537. The molecule has 1 unspecified atom stereocenters. The zero-order chi connectivity index (χ0) is 14.8. The number of fused-ring (bicyclic) bond motifs is 1. The van der Waals surface area contributed by atoms with Crippen molar-refractivity contribution in [2.75, 3.05) is 0 Å². The number of rotatable bonds is 4. The summed E-state index contributed by atoms with van der Waals surface area (Å²) in [5.41, 5.74) is 2.84. The van der Waals surface area contributed by atoms with Crippen LogP contribution in [0.3, 0.4) is 0 Å². The fourth-order valence-electron chi connectivity index (χ4n) is 2.52. The highest BCUT2D eigenvalue weighted by molar-refractivity contribution is 9.10. The third-order valence-electron chi connectivity index (χ3n) is 3.70. The van der Waals surface area contributed by atoms with Crippen molar-refractivity contribution in [3.63, 3.8) is 0 Å². The normalized spacial score (nSPS) is 12.7. The smallest absolute Gasteiger partial charge is 0.0814 e. The monoisotopic (exact) mass is 345 g/mol. The highest BCUT2D eigenvalue weighted by Gasteiger charge is 2.14. The van der Waals surface area contributed by atoms with Gasteiger partial charge in [-0.3, -0.25) is 9.67 Å². The van der Waals surface area contributed by atoms with Gasteiger partial charge in [-0.15, -0.1) is 0 Å². The molecule has 0 aliphatic carbocycles. The molecule has 0 aliphatic rings. The first kappa shape index (κ1) is 14.2. The number of aliphatic hydroxyl groups is 1. The van der Waals surface area contributed by atoms with Crippen molar-refractivity contribution in [1.29, 1.82) is 0 Å². The van der Waals surface area contributed by atoms with E-state index in [1.165, 1.54) is 0 Å². The van der Waals surface area contributed by atoms with Gasteiger partial charge in [0.25, 0.3) is 0 Å². The lowest BCUT2D eigenvalue weighted by atomic mass is 10.0. The van der Waals surface area contributed by atoms with Gasteiger partial charge in [0, 0.05) is 40.6 Å². The first-order valence-corrected chi connectivity index (χ1v) is 7.64. The maximum absolute atomic E-state index is 10.5. The maximum Gasteiger partial charge on any atom is 0.0814 e. The molecule has 3 aromatic rings. The van der Waals surface area contributed by atoms with E-state index in [4.69, 9.17) is 0 Å². The Morgan fingerprint density at radius 1 is 1.24 bits per heavy atom. The lowest BCUT2D eigenvalue weighted by Crippen LogP contribution is -2.04. The summed E-state index contributed by atoms with van der Waals surface area (Å²) < 4.78 is 2.83. The van der Waals surface area contributed by atoms with Crippen LogP contribution in [0.2, 0.25) is 0 Å². The van der Waals surface area contributed by atoms with Gasteiger partial charge in [0.1, 0.15) is 0 Å². The van der Waals surface area contributed by atoms with Crippen molar-refractivity contribution >= 4 is 26.8 Å². The van der Waals surface area contributed by atoms with Gasteiger partial charge in [-0.25, -0.2) is 0 Å². The molecule has 1 N–H and O–H groups in total. The summed E-state index contributed by atoms with van der Waals surface area (Å²) in [6.45, 7) is 0. The molecule has 4 nitrogen and oxygen atoms in total. The van der Waals surface area contributed by atoms with E-state index in [1.54, 1.807) is 12.4 Å². The Morgan fingerprint density at radius 3 is 2.86 bits per heavy atom. The highest BCUT2D eigenvalue weighted by Crippen LogP contribution is 2.30. The molecule has 21 heavy (non-hydrogen) atoms. The molecule has 0 spiro atoms. The van der Waals surface area contributed by atoms with Gasteiger partial charge in [0.15, 0.2) is 0 Å². The van der Waals surface area contributed by atoms with Crippen LogP contribution in [-0.4, -0.2) is 19.9 Å². The lowest BCUT2D eigenvalue weighted by Gasteiger charge is -2.14. The number of benzene rings is 1. The van der Waals surface area contributed by atoms with Crippen LogP contribution in [0.4, 0.5) is 0 Å². The largest absolute Gasteiger partial charge is 0.388 e. The maximum atomic E-state index is 10.5. The zero-order valence-corrected chi connectivity index (χ0v) is 13.3. The molecule has 0 amide bonds. The lowest BCUT2D eigenvalue weighted by molar-refractivity contribution is 0.168. The van der Waals surface area contributed by atoms with E-state index in [-0.39, 0.29) is 0 Å². The second-order valence-electron chi connectivity index (χ2n) is 5.04. The number of aromatic nitrogens is 3. The molecule has 0 fully saturated rings. The molecular formula is C16H16BrN3O. The molecular weight excluding hydrogens is 330 g/mol. The van der Waals surface area contributed by atoms with E-state index in [0.717, 1.165) is 33.1 Å². The van der Waals surface area contributed by atoms with E-state index < -0.39 is 6.10 Å². The van der Waals surface area contributed by atoms with Crippen LogP contribution in [0.1, 0.15) is 23.8 Å². The van der Waals surface area contributed by atoms with Crippen molar-refractivity contribution in [3.8, 4) is 0 Å². The number of nitrogens with zero attached hydrogens (tertiary/aromatic N) is 3. The molecule has 108 valence electrons. The Hall–Kier alpha value is -1.72. The number of pyridine rings is 1. The van der Waals surface area contributed by atoms with E-state index in [9.17, 15) is 5.11 Å². The molecule has 0 aliphatic heterocycles. The zero-order valence-electron chi connectivity index (χ0n) is 11.7. The van der Waals surface area contributed by atoms with Gasteiger partial charge in [0.05, 0.1) is 11.6 Å². The fourth-order valence-corrected chi connectivity index (χ4v) is 2.97. The molecule has 5 heteroatoms. The van der Waals surface area contributed by atoms with Crippen molar-refractivity contribution in [3.05, 3.63) is 58.5 Å². The number of hydrogen-bond donors (Lipinski definition) is 1. The standard InChI is InChI=1S/C16H16BrN3O/c1-20-11(8-10-19-20)4-7-15(21)13-5-6-14(17)12-3-2-9-18-16(12)13/h2-3,5-6,8-10,15,21H,4,7H2,1H3. The Kier molecular flexibility index (Phi) is 4.03. The third-order valence-corrected chi connectivity index (χ3v) is 4.39. The average Bonchev–Trinajstić information content (AvgIpc) is 2.91. The van der Waals surface area contributed by atoms with Crippen molar-refractivity contribution < 1.29 is 5.11 Å². The van der Waals surface area contributed by atoms with E-state index in [1.807, 2.05) is 42.1 Å². The molecule has 0 bridgehead atoms. The second kappa shape index (κ2) is 5.95. The Labute approximate surface area is 131 Å². The van der Waals surface area contributed by atoms with Crippen LogP contribution in [0.5, 0.6) is 0 Å². The molecule has 1 atom stereocenters. The van der Waals surface area contributed by atoms with Crippen LogP contribution < -0.4 is 0 Å². The first-order valence-electron chi connectivity index (χ1n) is 6.85.